The summed E-state index contributed by atoms with van der Waals surface area (Å²) in [5.74, 6) is 0.964. The maximum Gasteiger partial charge on any atom is 0.319 e. The average Bonchev–Trinajstić information content (AvgIpc) is 2.67. The quantitative estimate of drug-likeness (QED) is 0.717. The van der Waals surface area contributed by atoms with Gasteiger partial charge in [0.05, 0.1) is 24.7 Å². The van der Waals surface area contributed by atoms with Crippen molar-refractivity contribution in [2.75, 3.05) is 42.8 Å². The Labute approximate surface area is 176 Å². The second-order valence-corrected chi connectivity index (χ2v) is 9.68. The summed E-state index contributed by atoms with van der Waals surface area (Å²) in [6.07, 6.45) is 1.19. The second kappa shape index (κ2) is 9.40. The van der Waals surface area contributed by atoms with Crippen LogP contribution in [-0.2, 0) is 20.3 Å². The Balaban J connectivity index is 1.87. The van der Waals surface area contributed by atoms with Gasteiger partial charge in [-0.05, 0) is 38.1 Å². The maximum atomic E-state index is 11.9. The minimum absolute atomic E-state index is 0.0360. The van der Waals surface area contributed by atoms with Crippen molar-refractivity contribution in [3.8, 4) is 11.4 Å². The van der Waals surface area contributed by atoms with Crippen LogP contribution in [0.2, 0.25) is 0 Å². The van der Waals surface area contributed by atoms with Crippen LogP contribution in [-0.4, -0.2) is 63.0 Å². The zero-order valence-electron chi connectivity index (χ0n) is 17.4. The highest BCUT2D eigenvalue weighted by Gasteiger charge is 2.17. The van der Waals surface area contributed by atoms with E-state index in [1.807, 2.05) is 13.8 Å². The first-order valence-corrected chi connectivity index (χ1v) is 11.8. The molecule has 0 unspecified atom stereocenters. The minimum Gasteiger partial charge on any atom is -0.378 e. The molecule has 0 spiro atoms. The number of anilines is 2. The normalized spacial score (nSPS) is 14.6. The zero-order valence-corrected chi connectivity index (χ0v) is 18.2. The molecule has 1 aromatic heterocycles. The van der Waals surface area contributed by atoms with Crippen LogP contribution >= 0.6 is 0 Å². The van der Waals surface area contributed by atoms with Gasteiger partial charge < -0.3 is 20.3 Å². The summed E-state index contributed by atoms with van der Waals surface area (Å²) in [5.41, 5.74) is 1.81. The summed E-state index contributed by atoms with van der Waals surface area (Å²) < 4.78 is 29.0. The number of benzene rings is 1. The standard InChI is InChI=1S/C20H27N5O4S/c1-14(2)21-20(26)23-16-6-4-15(5-7-16)19-22-17(13-30(3,27)28)12-18(24-19)25-8-10-29-11-9-25/h4-7,12,14H,8-11,13H2,1-3H3,(H2,21,23,26). The number of morpholine rings is 1. The second-order valence-electron chi connectivity index (χ2n) is 7.54. The van der Waals surface area contributed by atoms with Crippen molar-refractivity contribution in [2.24, 2.45) is 0 Å². The number of hydrogen-bond donors (Lipinski definition) is 2. The Morgan fingerprint density at radius 2 is 1.83 bits per heavy atom. The van der Waals surface area contributed by atoms with E-state index in [2.05, 4.69) is 25.5 Å². The van der Waals surface area contributed by atoms with Crippen molar-refractivity contribution in [1.29, 1.82) is 0 Å². The van der Waals surface area contributed by atoms with Gasteiger partial charge >= 0.3 is 6.03 Å². The Bertz CT molecular complexity index is 987. The molecular formula is C20H27N5O4S. The zero-order chi connectivity index (χ0) is 21.7. The van der Waals surface area contributed by atoms with Crippen LogP contribution in [0.4, 0.5) is 16.3 Å². The van der Waals surface area contributed by atoms with Gasteiger partial charge in [-0.2, -0.15) is 0 Å². The minimum atomic E-state index is -3.24. The first kappa shape index (κ1) is 22.0. The number of amides is 2. The molecule has 1 aliphatic rings. The number of carbonyl (C=O) groups is 1. The lowest BCUT2D eigenvalue weighted by atomic mass is 10.2. The maximum absolute atomic E-state index is 11.9. The van der Waals surface area contributed by atoms with E-state index in [0.29, 0.717) is 49.3 Å². The molecule has 10 heteroatoms. The fraction of sp³-hybridized carbons (Fsp3) is 0.450. The van der Waals surface area contributed by atoms with Gasteiger partial charge in [-0.15, -0.1) is 0 Å². The van der Waals surface area contributed by atoms with Gasteiger partial charge in [-0.3, -0.25) is 0 Å². The van der Waals surface area contributed by atoms with Gasteiger partial charge in [0.1, 0.15) is 5.82 Å². The summed E-state index contributed by atoms with van der Waals surface area (Å²) in [6.45, 7) is 6.33. The summed E-state index contributed by atoms with van der Waals surface area (Å²) in [4.78, 5) is 23.0. The van der Waals surface area contributed by atoms with Crippen molar-refractivity contribution in [1.82, 2.24) is 15.3 Å². The molecule has 30 heavy (non-hydrogen) atoms. The largest absolute Gasteiger partial charge is 0.378 e. The first-order valence-electron chi connectivity index (χ1n) is 9.76. The highest BCUT2D eigenvalue weighted by atomic mass is 32.2. The van der Waals surface area contributed by atoms with Gasteiger partial charge in [-0.25, -0.2) is 23.2 Å². The molecule has 0 radical (unpaired) electrons. The van der Waals surface area contributed by atoms with Crippen molar-refractivity contribution in [3.63, 3.8) is 0 Å². The summed E-state index contributed by atoms with van der Waals surface area (Å²) in [6, 6.07) is 8.60. The molecule has 3 rings (SSSR count). The van der Waals surface area contributed by atoms with Crippen LogP contribution in [0, 0.1) is 0 Å². The molecule has 1 saturated heterocycles. The van der Waals surface area contributed by atoms with Crippen molar-refractivity contribution in [2.45, 2.75) is 25.6 Å². The molecule has 2 amide bonds. The molecule has 1 fully saturated rings. The molecule has 1 aromatic carbocycles. The van der Waals surface area contributed by atoms with Gasteiger partial charge in [0.2, 0.25) is 0 Å². The topological polar surface area (TPSA) is 114 Å². The van der Waals surface area contributed by atoms with Crippen LogP contribution < -0.4 is 15.5 Å². The number of hydrogen-bond acceptors (Lipinski definition) is 7. The van der Waals surface area contributed by atoms with E-state index in [0.717, 1.165) is 5.56 Å². The Morgan fingerprint density at radius 1 is 1.17 bits per heavy atom. The number of carbonyl (C=O) groups excluding carboxylic acids is 1. The summed E-state index contributed by atoms with van der Waals surface area (Å²) >= 11 is 0. The molecule has 0 aliphatic carbocycles. The van der Waals surface area contributed by atoms with E-state index < -0.39 is 9.84 Å². The van der Waals surface area contributed by atoms with E-state index in [1.165, 1.54) is 6.26 Å². The van der Waals surface area contributed by atoms with Gasteiger partial charge in [0, 0.05) is 42.7 Å². The van der Waals surface area contributed by atoms with Crippen LogP contribution in [0.25, 0.3) is 11.4 Å². The van der Waals surface area contributed by atoms with Gasteiger partial charge in [0.15, 0.2) is 15.7 Å². The third-order valence-electron chi connectivity index (χ3n) is 4.33. The summed E-state index contributed by atoms with van der Waals surface area (Å²) in [7, 11) is -3.24. The molecule has 0 saturated carbocycles. The highest BCUT2D eigenvalue weighted by molar-refractivity contribution is 7.89. The number of aromatic nitrogens is 2. The first-order chi connectivity index (χ1) is 14.2. The lowest BCUT2D eigenvalue weighted by molar-refractivity contribution is 0.122. The molecule has 9 nitrogen and oxygen atoms in total. The predicted octanol–water partition coefficient (Wildman–Crippen LogP) is 2.05. The van der Waals surface area contributed by atoms with Gasteiger partial charge in [-0.1, -0.05) is 0 Å². The van der Waals surface area contributed by atoms with Crippen molar-refractivity contribution in [3.05, 3.63) is 36.0 Å². The number of urea groups is 1. The predicted molar refractivity (Wildman–Crippen MR) is 116 cm³/mol. The SMILES string of the molecule is CC(C)NC(=O)Nc1ccc(-c2nc(CS(C)(=O)=O)cc(N3CCOCC3)n2)cc1. The van der Waals surface area contributed by atoms with E-state index >= 15 is 0 Å². The van der Waals surface area contributed by atoms with E-state index in [-0.39, 0.29) is 17.8 Å². The Hall–Kier alpha value is -2.72. The van der Waals surface area contributed by atoms with Crippen LogP contribution in [0.5, 0.6) is 0 Å². The summed E-state index contributed by atoms with van der Waals surface area (Å²) in [5, 5.41) is 5.53. The van der Waals surface area contributed by atoms with Crippen LogP contribution in [0.15, 0.2) is 30.3 Å². The van der Waals surface area contributed by atoms with Crippen LogP contribution in [0.1, 0.15) is 19.5 Å². The fourth-order valence-electron chi connectivity index (χ4n) is 3.04. The molecule has 2 N–H and O–H groups in total. The Morgan fingerprint density at radius 3 is 2.43 bits per heavy atom. The lowest BCUT2D eigenvalue weighted by Gasteiger charge is -2.28. The number of nitrogens with one attached hydrogen (secondary N) is 2. The van der Waals surface area contributed by atoms with Gasteiger partial charge in [0.25, 0.3) is 0 Å². The highest BCUT2D eigenvalue weighted by Crippen LogP contribution is 2.23. The monoisotopic (exact) mass is 433 g/mol. The smallest absolute Gasteiger partial charge is 0.319 e. The Kier molecular flexibility index (Phi) is 6.88. The van der Waals surface area contributed by atoms with Crippen molar-refractivity contribution >= 4 is 27.4 Å². The van der Waals surface area contributed by atoms with E-state index in [9.17, 15) is 13.2 Å². The lowest BCUT2D eigenvalue weighted by Crippen LogP contribution is -2.37. The number of sulfone groups is 1. The van der Waals surface area contributed by atoms with Crippen LogP contribution in [0.3, 0.4) is 0 Å². The number of rotatable bonds is 6. The fourth-order valence-corrected chi connectivity index (χ4v) is 3.73. The molecule has 0 atom stereocenters. The molecular weight excluding hydrogens is 406 g/mol. The number of ether oxygens (including phenoxy) is 1. The number of nitrogens with zero attached hydrogens (tertiary/aromatic N) is 3. The molecule has 0 bridgehead atoms. The molecule has 162 valence electrons. The third kappa shape index (κ3) is 6.39. The molecule has 1 aliphatic heterocycles. The van der Waals surface area contributed by atoms with E-state index in [4.69, 9.17) is 4.74 Å². The third-order valence-corrected chi connectivity index (χ3v) is 5.15. The molecule has 2 heterocycles. The van der Waals surface area contributed by atoms with Crippen molar-refractivity contribution < 1.29 is 17.9 Å². The van der Waals surface area contributed by atoms with E-state index in [1.54, 1.807) is 30.3 Å². The molecule has 2 aromatic rings. The average molecular weight is 434 g/mol.